The summed E-state index contributed by atoms with van der Waals surface area (Å²) in [6.07, 6.45) is 1.83. The van der Waals surface area contributed by atoms with Crippen molar-refractivity contribution in [2.75, 3.05) is 7.05 Å². The van der Waals surface area contributed by atoms with Gasteiger partial charge in [-0.3, -0.25) is 4.98 Å². The SMILES string of the molecule is CNC(c1nccc2ccccc12)c1c(Br)nnn1C. The van der Waals surface area contributed by atoms with Crippen LogP contribution in [-0.4, -0.2) is 27.0 Å². The van der Waals surface area contributed by atoms with Crippen LogP contribution >= 0.6 is 15.9 Å². The minimum Gasteiger partial charge on any atom is -0.307 e. The molecule has 0 saturated carbocycles. The summed E-state index contributed by atoms with van der Waals surface area (Å²) in [6.45, 7) is 0. The summed E-state index contributed by atoms with van der Waals surface area (Å²) in [5, 5.41) is 13.7. The van der Waals surface area contributed by atoms with E-state index >= 15 is 0 Å². The van der Waals surface area contributed by atoms with Gasteiger partial charge in [-0.1, -0.05) is 29.5 Å². The summed E-state index contributed by atoms with van der Waals surface area (Å²) in [7, 11) is 3.79. The zero-order valence-corrected chi connectivity index (χ0v) is 12.8. The van der Waals surface area contributed by atoms with E-state index < -0.39 is 0 Å². The van der Waals surface area contributed by atoms with Crippen LogP contribution in [0.5, 0.6) is 0 Å². The standard InChI is InChI=1S/C14H14BrN5/c1-16-12(13-14(15)18-19-20(13)2)11-10-6-4-3-5-9(10)7-8-17-11/h3-8,12,16H,1-2H3. The average molecular weight is 332 g/mol. The van der Waals surface area contributed by atoms with Crippen molar-refractivity contribution in [3.8, 4) is 0 Å². The molecule has 2 heterocycles. The highest BCUT2D eigenvalue weighted by Gasteiger charge is 2.23. The summed E-state index contributed by atoms with van der Waals surface area (Å²) in [5.41, 5.74) is 1.92. The number of hydrogen-bond donors (Lipinski definition) is 1. The Morgan fingerprint density at radius 1 is 1.25 bits per heavy atom. The van der Waals surface area contributed by atoms with E-state index in [1.807, 2.05) is 38.5 Å². The molecule has 6 heteroatoms. The second kappa shape index (κ2) is 5.30. The molecule has 0 spiro atoms. The molecule has 0 radical (unpaired) electrons. The molecule has 0 fully saturated rings. The summed E-state index contributed by atoms with van der Waals surface area (Å²) in [6, 6.07) is 10.2. The van der Waals surface area contributed by atoms with Crippen LogP contribution in [0.3, 0.4) is 0 Å². The summed E-state index contributed by atoms with van der Waals surface area (Å²) in [5.74, 6) is 0. The molecule has 102 valence electrons. The number of nitrogens with one attached hydrogen (secondary N) is 1. The number of halogens is 1. The maximum Gasteiger partial charge on any atom is 0.153 e. The van der Waals surface area contributed by atoms with E-state index in [0.717, 1.165) is 21.4 Å². The highest BCUT2D eigenvalue weighted by molar-refractivity contribution is 9.10. The van der Waals surface area contributed by atoms with E-state index in [1.54, 1.807) is 4.68 Å². The first-order chi connectivity index (χ1) is 9.72. The highest BCUT2D eigenvalue weighted by atomic mass is 79.9. The van der Waals surface area contributed by atoms with Gasteiger partial charge in [-0.25, -0.2) is 4.68 Å². The third-order valence-electron chi connectivity index (χ3n) is 3.37. The van der Waals surface area contributed by atoms with Gasteiger partial charge in [0, 0.05) is 18.6 Å². The van der Waals surface area contributed by atoms with Gasteiger partial charge in [0.2, 0.25) is 0 Å². The molecule has 0 aliphatic rings. The Balaban J connectivity index is 2.22. The fourth-order valence-corrected chi connectivity index (χ4v) is 2.98. The normalized spacial score (nSPS) is 12.8. The molecule has 1 aromatic carbocycles. The fourth-order valence-electron chi connectivity index (χ4n) is 2.42. The van der Waals surface area contributed by atoms with Crippen molar-refractivity contribution < 1.29 is 0 Å². The Hall–Kier alpha value is -1.79. The quantitative estimate of drug-likeness (QED) is 0.800. The zero-order chi connectivity index (χ0) is 14.1. The van der Waals surface area contributed by atoms with Crippen LogP contribution < -0.4 is 5.32 Å². The molecule has 5 nitrogen and oxygen atoms in total. The van der Waals surface area contributed by atoms with Crippen molar-refractivity contribution in [2.24, 2.45) is 7.05 Å². The number of fused-ring (bicyclic) bond motifs is 1. The first kappa shape index (κ1) is 13.2. The van der Waals surface area contributed by atoms with Crippen LogP contribution in [0, 0.1) is 0 Å². The predicted octanol–water partition coefficient (Wildman–Crippen LogP) is 2.43. The van der Waals surface area contributed by atoms with Crippen molar-refractivity contribution in [3.63, 3.8) is 0 Å². The lowest BCUT2D eigenvalue weighted by Gasteiger charge is -2.17. The van der Waals surface area contributed by atoms with E-state index in [9.17, 15) is 0 Å². The van der Waals surface area contributed by atoms with E-state index in [0.29, 0.717) is 0 Å². The van der Waals surface area contributed by atoms with Crippen molar-refractivity contribution in [1.29, 1.82) is 0 Å². The van der Waals surface area contributed by atoms with E-state index in [1.165, 1.54) is 5.39 Å². The Morgan fingerprint density at radius 2 is 2.05 bits per heavy atom. The smallest absolute Gasteiger partial charge is 0.153 e. The van der Waals surface area contributed by atoms with Crippen molar-refractivity contribution in [1.82, 2.24) is 25.3 Å². The maximum absolute atomic E-state index is 4.56. The zero-order valence-electron chi connectivity index (χ0n) is 11.2. The Morgan fingerprint density at radius 3 is 2.75 bits per heavy atom. The molecule has 1 N–H and O–H groups in total. The first-order valence-electron chi connectivity index (χ1n) is 6.28. The second-order valence-corrected chi connectivity index (χ2v) is 5.28. The number of pyridine rings is 1. The number of hydrogen-bond acceptors (Lipinski definition) is 4. The van der Waals surface area contributed by atoms with Crippen LogP contribution in [0.15, 0.2) is 41.1 Å². The van der Waals surface area contributed by atoms with Crippen molar-refractivity contribution in [3.05, 3.63) is 52.5 Å². The van der Waals surface area contributed by atoms with Crippen LogP contribution in [0.1, 0.15) is 17.4 Å². The lowest BCUT2D eigenvalue weighted by atomic mass is 10.0. The molecular weight excluding hydrogens is 318 g/mol. The maximum atomic E-state index is 4.56. The topological polar surface area (TPSA) is 55.6 Å². The molecule has 0 saturated heterocycles. The molecular formula is C14H14BrN5. The van der Waals surface area contributed by atoms with Crippen molar-refractivity contribution in [2.45, 2.75) is 6.04 Å². The van der Waals surface area contributed by atoms with Gasteiger partial charge in [-0.05, 0) is 34.4 Å². The molecule has 3 aromatic rings. The number of aryl methyl sites for hydroxylation is 1. The Bertz CT molecular complexity index is 727. The molecule has 0 bridgehead atoms. The van der Waals surface area contributed by atoms with Crippen LogP contribution in [-0.2, 0) is 7.05 Å². The van der Waals surface area contributed by atoms with Gasteiger partial charge in [-0.15, -0.1) is 5.10 Å². The van der Waals surface area contributed by atoms with Crippen LogP contribution in [0.2, 0.25) is 0 Å². The molecule has 0 aliphatic carbocycles. The largest absolute Gasteiger partial charge is 0.307 e. The number of nitrogens with zero attached hydrogens (tertiary/aromatic N) is 4. The Kier molecular flexibility index (Phi) is 3.50. The van der Waals surface area contributed by atoms with E-state index in [4.69, 9.17) is 0 Å². The van der Waals surface area contributed by atoms with E-state index in [2.05, 4.69) is 48.7 Å². The lowest BCUT2D eigenvalue weighted by Crippen LogP contribution is -2.22. The highest BCUT2D eigenvalue weighted by Crippen LogP contribution is 2.29. The minimum absolute atomic E-state index is 0.0736. The summed E-state index contributed by atoms with van der Waals surface area (Å²) < 4.78 is 2.49. The number of benzene rings is 1. The van der Waals surface area contributed by atoms with Gasteiger partial charge >= 0.3 is 0 Å². The van der Waals surface area contributed by atoms with Crippen LogP contribution in [0.25, 0.3) is 10.8 Å². The Labute approximate surface area is 125 Å². The summed E-state index contributed by atoms with van der Waals surface area (Å²) >= 11 is 3.46. The van der Waals surface area contributed by atoms with Gasteiger partial charge in [0.1, 0.15) is 0 Å². The van der Waals surface area contributed by atoms with Crippen LogP contribution in [0.4, 0.5) is 0 Å². The molecule has 0 amide bonds. The molecule has 0 aliphatic heterocycles. The first-order valence-corrected chi connectivity index (χ1v) is 7.07. The minimum atomic E-state index is -0.0736. The lowest BCUT2D eigenvalue weighted by molar-refractivity contribution is 0.590. The van der Waals surface area contributed by atoms with Gasteiger partial charge in [0.05, 0.1) is 17.4 Å². The van der Waals surface area contributed by atoms with Gasteiger partial charge < -0.3 is 5.32 Å². The monoisotopic (exact) mass is 331 g/mol. The molecule has 1 atom stereocenters. The summed E-state index contributed by atoms with van der Waals surface area (Å²) in [4.78, 5) is 4.56. The predicted molar refractivity (Wildman–Crippen MR) is 81.3 cm³/mol. The van der Waals surface area contributed by atoms with Gasteiger partial charge in [0.15, 0.2) is 4.60 Å². The van der Waals surface area contributed by atoms with Crippen molar-refractivity contribution >= 4 is 26.7 Å². The fraction of sp³-hybridized carbons (Fsp3) is 0.214. The molecule has 20 heavy (non-hydrogen) atoms. The average Bonchev–Trinajstić information content (AvgIpc) is 2.81. The van der Waals surface area contributed by atoms with E-state index in [-0.39, 0.29) is 6.04 Å². The molecule has 3 rings (SSSR count). The third kappa shape index (κ3) is 2.10. The van der Waals surface area contributed by atoms with Gasteiger partial charge in [0.25, 0.3) is 0 Å². The number of rotatable bonds is 3. The molecule has 2 aromatic heterocycles. The third-order valence-corrected chi connectivity index (χ3v) is 3.93. The number of aromatic nitrogens is 4. The molecule has 1 unspecified atom stereocenters. The van der Waals surface area contributed by atoms with Gasteiger partial charge in [-0.2, -0.15) is 0 Å². The second-order valence-electron chi connectivity index (χ2n) is 4.53.